The Bertz CT molecular complexity index is 927. The van der Waals surface area contributed by atoms with E-state index >= 15 is 0 Å². The average molecular weight is 436 g/mol. The van der Waals surface area contributed by atoms with Crippen LogP contribution in [0, 0.1) is 3.57 Å². The van der Waals surface area contributed by atoms with Gasteiger partial charge in [0, 0.05) is 15.5 Å². The number of fused-ring (bicyclic) bond motifs is 1. The molecule has 0 bridgehead atoms. The monoisotopic (exact) mass is 436 g/mol. The summed E-state index contributed by atoms with van der Waals surface area (Å²) in [6.07, 6.45) is 3.37. The lowest BCUT2D eigenvalue weighted by Gasteiger charge is -2.24. The number of benzene rings is 1. The zero-order chi connectivity index (χ0) is 16.7. The minimum Gasteiger partial charge on any atom is -0.363 e. The molecule has 0 saturated carbocycles. The van der Waals surface area contributed by atoms with Gasteiger partial charge in [0.15, 0.2) is 0 Å². The molecular formula is C15H13IN6O2. The number of hydrogen-bond acceptors (Lipinski definition) is 7. The van der Waals surface area contributed by atoms with Crippen molar-refractivity contribution in [2.45, 2.75) is 18.9 Å². The highest BCUT2D eigenvalue weighted by Gasteiger charge is 2.33. The van der Waals surface area contributed by atoms with Crippen molar-refractivity contribution in [3.05, 3.63) is 39.8 Å². The van der Waals surface area contributed by atoms with E-state index in [1.807, 2.05) is 12.1 Å². The van der Waals surface area contributed by atoms with Crippen LogP contribution in [0.4, 0.5) is 5.82 Å². The number of carbonyl (C=O) groups is 1. The molecule has 0 spiro atoms. The van der Waals surface area contributed by atoms with Gasteiger partial charge in [-0.3, -0.25) is 4.79 Å². The first-order valence-electron chi connectivity index (χ1n) is 7.44. The molecule has 0 aliphatic carbocycles. The Hall–Kier alpha value is -2.30. The number of nitrogens with two attached hydrogens (primary N) is 1. The average Bonchev–Trinajstić information content (AvgIpc) is 3.23. The third-order valence-electron chi connectivity index (χ3n) is 4.05. The molecule has 1 unspecified atom stereocenters. The Morgan fingerprint density at radius 2 is 2.25 bits per heavy atom. The predicted octanol–water partition coefficient (Wildman–Crippen LogP) is 2.06. The quantitative estimate of drug-likeness (QED) is 0.626. The fourth-order valence-electron chi connectivity index (χ4n) is 2.99. The molecule has 24 heavy (non-hydrogen) atoms. The van der Waals surface area contributed by atoms with Gasteiger partial charge in [-0.25, -0.2) is 9.97 Å². The number of amides is 1. The molecule has 122 valence electrons. The van der Waals surface area contributed by atoms with Crippen LogP contribution >= 0.6 is 22.6 Å². The summed E-state index contributed by atoms with van der Waals surface area (Å²) in [5.41, 5.74) is 6.09. The number of nitrogens with zero attached hydrogens (tertiary/aromatic N) is 5. The lowest BCUT2D eigenvalue weighted by Crippen LogP contribution is -2.24. The van der Waals surface area contributed by atoms with Gasteiger partial charge >= 0.3 is 0 Å². The van der Waals surface area contributed by atoms with Crippen LogP contribution in [-0.4, -0.2) is 32.6 Å². The van der Waals surface area contributed by atoms with Crippen LogP contribution in [0.1, 0.15) is 35.4 Å². The molecule has 3 aromatic rings. The number of halogens is 1. The summed E-state index contributed by atoms with van der Waals surface area (Å²) >= 11 is 2.27. The van der Waals surface area contributed by atoms with E-state index in [0.717, 1.165) is 39.7 Å². The number of hydrogen-bond donors (Lipinski definition) is 1. The summed E-state index contributed by atoms with van der Waals surface area (Å²) in [6, 6.07) is 5.92. The van der Waals surface area contributed by atoms with Gasteiger partial charge in [-0.05, 0) is 53.6 Å². The first-order chi connectivity index (χ1) is 11.6. The molecular weight excluding hydrogens is 423 g/mol. The highest BCUT2D eigenvalue weighted by Crippen LogP contribution is 2.37. The smallest absolute Gasteiger partial charge is 0.290 e. The van der Waals surface area contributed by atoms with Gasteiger partial charge in [0.1, 0.15) is 18.2 Å². The number of aromatic nitrogens is 4. The Morgan fingerprint density at radius 3 is 3.04 bits per heavy atom. The summed E-state index contributed by atoms with van der Waals surface area (Å²) < 4.78 is 6.36. The zero-order valence-corrected chi connectivity index (χ0v) is 14.7. The third kappa shape index (κ3) is 2.58. The van der Waals surface area contributed by atoms with Crippen molar-refractivity contribution in [3.63, 3.8) is 0 Å². The highest BCUT2D eigenvalue weighted by molar-refractivity contribution is 14.1. The summed E-state index contributed by atoms with van der Waals surface area (Å²) in [5, 5.41) is 4.62. The number of rotatable bonds is 3. The summed E-state index contributed by atoms with van der Waals surface area (Å²) in [7, 11) is 0. The largest absolute Gasteiger partial charge is 0.363 e. The molecule has 1 aliphatic heterocycles. The van der Waals surface area contributed by atoms with Gasteiger partial charge in [0.05, 0.1) is 5.52 Å². The van der Waals surface area contributed by atoms with E-state index in [-0.39, 0.29) is 11.9 Å². The van der Waals surface area contributed by atoms with Crippen molar-refractivity contribution in [2.75, 3.05) is 11.4 Å². The normalized spacial score (nSPS) is 17.5. The molecule has 3 heterocycles. The van der Waals surface area contributed by atoms with Crippen molar-refractivity contribution in [1.82, 2.24) is 20.1 Å². The lowest BCUT2D eigenvalue weighted by molar-refractivity contribution is 0.0987. The molecule has 1 amide bonds. The van der Waals surface area contributed by atoms with E-state index < -0.39 is 5.91 Å². The van der Waals surface area contributed by atoms with Gasteiger partial charge < -0.3 is 15.2 Å². The van der Waals surface area contributed by atoms with E-state index in [4.69, 9.17) is 10.3 Å². The Balaban J connectivity index is 1.77. The Morgan fingerprint density at radius 1 is 1.38 bits per heavy atom. The van der Waals surface area contributed by atoms with Gasteiger partial charge in [-0.1, -0.05) is 5.16 Å². The molecule has 8 nitrogen and oxygen atoms in total. The molecule has 2 N–H and O–H groups in total. The molecule has 1 fully saturated rings. The summed E-state index contributed by atoms with van der Waals surface area (Å²) in [5.74, 6) is 0.425. The molecule has 4 rings (SSSR count). The molecule has 2 aromatic heterocycles. The second-order valence-electron chi connectivity index (χ2n) is 5.53. The first kappa shape index (κ1) is 15.2. The fourth-order valence-corrected chi connectivity index (χ4v) is 3.48. The minimum absolute atomic E-state index is 0.0982. The SMILES string of the molecule is NC(=O)c1noc(C2CCCN2c2ncnc3ccc(I)cc23)n1. The van der Waals surface area contributed by atoms with Crippen molar-refractivity contribution < 1.29 is 9.32 Å². The van der Waals surface area contributed by atoms with Gasteiger partial charge in [-0.2, -0.15) is 4.98 Å². The predicted molar refractivity (Wildman–Crippen MR) is 94.4 cm³/mol. The van der Waals surface area contributed by atoms with Crippen molar-refractivity contribution in [2.24, 2.45) is 5.73 Å². The molecule has 1 atom stereocenters. The number of primary amides is 1. The first-order valence-corrected chi connectivity index (χ1v) is 8.51. The van der Waals surface area contributed by atoms with E-state index in [0.29, 0.717) is 5.89 Å². The van der Waals surface area contributed by atoms with Gasteiger partial charge in [-0.15, -0.1) is 0 Å². The summed E-state index contributed by atoms with van der Waals surface area (Å²) in [4.78, 5) is 26.2. The maximum atomic E-state index is 11.2. The van der Waals surface area contributed by atoms with Crippen LogP contribution in [0.25, 0.3) is 10.9 Å². The zero-order valence-electron chi connectivity index (χ0n) is 12.5. The molecule has 9 heteroatoms. The second-order valence-corrected chi connectivity index (χ2v) is 6.78. The van der Waals surface area contributed by atoms with Crippen LogP contribution in [0.15, 0.2) is 29.0 Å². The fraction of sp³-hybridized carbons (Fsp3) is 0.267. The summed E-state index contributed by atoms with van der Waals surface area (Å²) in [6.45, 7) is 0.816. The van der Waals surface area contributed by atoms with E-state index in [1.54, 1.807) is 6.33 Å². The topological polar surface area (TPSA) is 111 Å². The van der Waals surface area contributed by atoms with Crippen molar-refractivity contribution in [1.29, 1.82) is 0 Å². The van der Waals surface area contributed by atoms with E-state index in [9.17, 15) is 4.79 Å². The van der Waals surface area contributed by atoms with Crippen LogP contribution < -0.4 is 10.6 Å². The van der Waals surface area contributed by atoms with Crippen LogP contribution in [0.3, 0.4) is 0 Å². The minimum atomic E-state index is -0.698. The second kappa shape index (κ2) is 5.96. The maximum absolute atomic E-state index is 11.2. The van der Waals surface area contributed by atoms with Crippen LogP contribution in [0.2, 0.25) is 0 Å². The van der Waals surface area contributed by atoms with Crippen LogP contribution in [-0.2, 0) is 0 Å². The molecule has 1 aromatic carbocycles. The van der Waals surface area contributed by atoms with Gasteiger partial charge in [0.2, 0.25) is 5.89 Å². The number of anilines is 1. The molecule has 1 saturated heterocycles. The van der Waals surface area contributed by atoms with Crippen LogP contribution in [0.5, 0.6) is 0 Å². The van der Waals surface area contributed by atoms with E-state index in [1.165, 1.54) is 0 Å². The Kier molecular flexibility index (Phi) is 3.79. The highest BCUT2D eigenvalue weighted by atomic mass is 127. The van der Waals surface area contributed by atoms with Crippen molar-refractivity contribution in [3.8, 4) is 0 Å². The Labute approximate surface area is 150 Å². The molecule has 1 aliphatic rings. The lowest BCUT2D eigenvalue weighted by atomic mass is 10.2. The number of carbonyl (C=O) groups excluding carboxylic acids is 1. The van der Waals surface area contributed by atoms with Gasteiger partial charge in [0.25, 0.3) is 11.7 Å². The van der Waals surface area contributed by atoms with E-state index in [2.05, 4.69) is 53.7 Å². The molecule has 0 radical (unpaired) electrons. The third-order valence-corrected chi connectivity index (χ3v) is 4.72. The standard InChI is InChI=1S/C15H13IN6O2/c16-8-3-4-10-9(6-8)14(19-7-18-10)22-5-1-2-11(22)15-20-13(12(17)23)21-24-15/h3-4,6-7,11H,1-2,5H2,(H2,17,23). The van der Waals surface area contributed by atoms with Crippen molar-refractivity contribution >= 4 is 45.2 Å². The maximum Gasteiger partial charge on any atom is 0.290 e.